The zero-order valence-corrected chi connectivity index (χ0v) is 20.3. The smallest absolute Gasteiger partial charge is 0.310 e. The summed E-state index contributed by atoms with van der Waals surface area (Å²) >= 11 is 0. The molecule has 3 fully saturated rings. The number of piperazine rings is 1. The summed E-state index contributed by atoms with van der Waals surface area (Å²) in [6.45, 7) is 5.97. The summed E-state index contributed by atoms with van der Waals surface area (Å²) in [6, 6.07) is 3.95. The number of hydrogen-bond acceptors (Lipinski definition) is 8. The number of rotatable bonds is 7. The van der Waals surface area contributed by atoms with Crippen LogP contribution in [0.15, 0.2) is 29.0 Å². The molecule has 2 N–H and O–H groups in total. The van der Waals surface area contributed by atoms with E-state index in [2.05, 4.69) is 14.8 Å². The van der Waals surface area contributed by atoms with Gasteiger partial charge in [0.1, 0.15) is 0 Å². The first-order chi connectivity index (χ1) is 17.0. The number of pyridine rings is 1. The second kappa shape index (κ2) is 10.5. The Morgan fingerprint density at radius 2 is 1.83 bits per heavy atom. The molecule has 35 heavy (non-hydrogen) atoms. The monoisotopic (exact) mass is 484 g/mol. The minimum absolute atomic E-state index is 0.189. The number of furan rings is 1. The summed E-state index contributed by atoms with van der Waals surface area (Å²) in [4.78, 5) is 34.3. The van der Waals surface area contributed by atoms with Gasteiger partial charge in [0, 0.05) is 51.0 Å². The average Bonchev–Trinajstić information content (AvgIpc) is 3.38. The van der Waals surface area contributed by atoms with Crippen LogP contribution in [0.3, 0.4) is 0 Å². The number of anilines is 1. The summed E-state index contributed by atoms with van der Waals surface area (Å²) in [5, 5.41) is 1.08. The van der Waals surface area contributed by atoms with Gasteiger partial charge >= 0.3 is 5.97 Å². The van der Waals surface area contributed by atoms with Crippen LogP contribution in [-0.2, 0) is 19.1 Å². The number of amides is 1. The zero-order chi connectivity index (χ0) is 24.3. The topological polar surface area (TPSA) is 111 Å². The van der Waals surface area contributed by atoms with Crippen LogP contribution in [0, 0.1) is 11.8 Å². The van der Waals surface area contributed by atoms with Gasteiger partial charge in [-0.3, -0.25) is 14.5 Å². The lowest BCUT2D eigenvalue weighted by Crippen LogP contribution is -2.51. The van der Waals surface area contributed by atoms with Crippen molar-refractivity contribution in [3.8, 4) is 0 Å². The summed E-state index contributed by atoms with van der Waals surface area (Å²) in [6.07, 6.45) is 8.69. The second-order valence-corrected chi connectivity index (χ2v) is 10.2. The molecule has 2 saturated heterocycles. The van der Waals surface area contributed by atoms with Gasteiger partial charge in [-0.1, -0.05) is 0 Å². The van der Waals surface area contributed by atoms with E-state index < -0.39 is 11.5 Å². The molecule has 1 aliphatic carbocycles. The van der Waals surface area contributed by atoms with Gasteiger partial charge in [0.15, 0.2) is 17.0 Å². The third-order valence-electron chi connectivity index (χ3n) is 8.09. The van der Waals surface area contributed by atoms with E-state index in [0.29, 0.717) is 44.8 Å². The Labute approximate surface area is 205 Å². The highest BCUT2D eigenvalue weighted by atomic mass is 16.6. The SMILES string of the molecule is NC(=O)C1(OC(=O)C2CCOCC2)CCC(CCN2CCN(c3nccc4ccoc34)CC2)CC1. The molecule has 2 aromatic heterocycles. The number of nitrogens with two attached hydrogens (primary N) is 1. The van der Waals surface area contributed by atoms with E-state index in [9.17, 15) is 9.59 Å². The van der Waals surface area contributed by atoms with Crippen molar-refractivity contribution in [1.29, 1.82) is 0 Å². The van der Waals surface area contributed by atoms with Gasteiger partial charge in [-0.15, -0.1) is 0 Å². The Morgan fingerprint density at radius 3 is 2.54 bits per heavy atom. The maximum atomic E-state index is 12.7. The van der Waals surface area contributed by atoms with E-state index in [0.717, 1.165) is 68.8 Å². The molecule has 5 rings (SSSR count). The molecule has 0 aromatic carbocycles. The van der Waals surface area contributed by atoms with Crippen molar-refractivity contribution in [1.82, 2.24) is 9.88 Å². The van der Waals surface area contributed by atoms with Crippen LogP contribution >= 0.6 is 0 Å². The van der Waals surface area contributed by atoms with Crippen molar-refractivity contribution in [3.05, 3.63) is 24.6 Å². The Hall–Kier alpha value is -2.65. The van der Waals surface area contributed by atoms with E-state index in [1.807, 2.05) is 18.3 Å². The number of nitrogens with zero attached hydrogens (tertiary/aromatic N) is 3. The lowest BCUT2D eigenvalue weighted by atomic mass is 9.76. The van der Waals surface area contributed by atoms with Gasteiger partial charge < -0.3 is 24.5 Å². The highest BCUT2D eigenvalue weighted by molar-refractivity contribution is 5.87. The molecular formula is C26H36N4O5. The molecule has 1 saturated carbocycles. The number of aromatic nitrogens is 1. The Morgan fingerprint density at radius 1 is 1.09 bits per heavy atom. The fraction of sp³-hybridized carbons (Fsp3) is 0.654. The molecule has 9 nitrogen and oxygen atoms in total. The predicted molar refractivity (Wildman–Crippen MR) is 131 cm³/mol. The van der Waals surface area contributed by atoms with Crippen LogP contribution in [0.5, 0.6) is 0 Å². The number of fused-ring (bicyclic) bond motifs is 1. The summed E-state index contributed by atoms with van der Waals surface area (Å²) < 4.78 is 16.8. The third kappa shape index (κ3) is 5.30. The van der Waals surface area contributed by atoms with Crippen molar-refractivity contribution < 1.29 is 23.5 Å². The Kier molecular flexibility index (Phi) is 7.24. The van der Waals surface area contributed by atoms with Crippen molar-refractivity contribution in [3.63, 3.8) is 0 Å². The number of ether oxygens (including phenoxy) is 2. The van der Waals surface area contributed by atoms with Crippen LogP contribution in [-0.4, -0.2) is 73.3 Å². The number of primary amides is 1. The Bertz CT molecular complexity index is 1020. The Balaban J connectivity index is 1.08. The zero-order valence-electron chi connectivity index (χ0n) is 20.3. The lowest BCUT2D eigenvalue weighted by Gasteiger charge is -2.39. The van der Waals surface area contributed by atoms with Gasteiger partial charge in [0.2, 0.25) is 0 Å². The molecule has 190 valence electrons. The summed E-state index contributed by atoms with van der Waals surface area (Å²) in [5.74, 6) is 0.459. The summed E-state index contributed by atoms with van der Waals surface area (Å²) in [5.41, 5.74) is 5.46. The normalized spacial score (nSPS) is 26.6. The van der Waals surface area contributed by atoms with Crippen LogP contribution in [0.25, 0.3) is 11.0 Å². The molecule has 4 heterocycles. The van der Waals surface area contributed by atoms with Crippen LogP contribution in [0.2, 0.25) is 0 Å². The summed E-state index contributed by atoms with van der Waals surface area (Å²) in [7, 11) is 0. The van der Waals surface area contributed by atoms with Gasteiger partial charge in [-0.25, -0.2) is 4.98 Å². The molecule has 0 spiro atoms. The van der Waals surface area contributed by atoms with Crippen molar-refractivity contribution in [2.75, 3.05) is 50.8 Å². The van der Waals surface area contributed by atoms with Crippen molar-refractivity contribution in [2.24, 2.45) is 17.6 Å². The molecule has 2 aliphatic heterocycles. The van der Waals surface area contributed by atoms with E-state index in [4.69, 9.17) is 19.6 Å². The first-order valence-corrected chi connectivity index (χ1v) is 12.9. The quantitative estimate of drug-likeness (QED) is 0.597. The lowest BCUT2D eigenvalue weighted by molar-refractivity contribution is -0.178. The number of hydrogen-bond donors (Lipinski definition) is 1. The van der Waals surface area contributed by atoms with Gasteiger partial charge in [0.25, 0.3) is 5.91 Å². The molecule has 0 atom stereocenters. The minimum atomic E-state index is -1.14. The van der Waals surface area contributed by atoms with E-state index in [1.165, 1.54) is 0 Å². The van der Waals surface area contributed by atoms with Gasteiger partial charge in [-0.2, -0.15) is 0 Å². The van der Waals surface area contributed by atoms with Gasteiger partial charge in [0.05, 0.1) is 12.2 Å². The largest absolute Gasteiger partial charge is 0.460 e. The number of carbonyl (C=O) groups is 2. The third-order valence-corrected chi connectivity index (χ3v) is 8.09. The molecule has 1 amide bonds. The standard InChI is InChI=1S/C26H36N4O5/c27-25(32)26(35-24(31)21-5-16-33-17-6-21)8-1-19(2-9-26)4-11-29-12-14-30(15-13-29)23-22-20(3-10-28-23)7-18-34-22/h3,7,10,18-19,21H,1-2,4-6,8-9,11-17H2,(H2,27,32). The molecular weight excluding hydrogens is 448 g/mol. The van der Waals surface area contributed by atoms with Crippen LogP contribution < -0.4 is 10.6 Å². The minimum Gasteiger partial charge on any atom is -0.460 e. The molecule has 2 aromatic rings. The second-order valence-electron chi connectivity index (χ2n) is 10.2. The highest BCUT2D eigenvalue weighted by Gasteiger charge is 2.45. The van der Waals surface area contributed by atoms with E-state index >= 15 is 0 Å². The fourth-order valence-electron chi connectivity index (χ4n) is 5.69. The molecule has 0 bridgehead atoms. The molecule has 0 radical (unpaired) electrons. The molecule has 0 unspecified atom stereocenters. The first-order valence-electron chi connectivity index (χ1n) is 12.9. The molecule has 3 aliphatic rings. The molecule has 9 heteroatoms. The van der Waals surface area contributed by atoms with Crippen LogP contribution in [0.4, 0.5) is 5.82 Å². The first kappa shape index (κ1) is 24.1. The van der Waals surface area contributed by atoms with Crippen molar-refractivity contribution in [2.45, 2.75) is 50.5 Å². The number of esters is 1. The van der Waals surface area contributed by atoms with Crippen LogP contribution in [0.1, 0.15) is 44.9 Å². The maximum Gasteiger partial charge on any atom is 0.310 e. The van der Waals surface area contributed by atoms with E-state index in [1.54, 1.807) is 6.26 Å². The fourth-order valence-corrected chi connectivity index (χ4v) is 5.69. The van der Waals surface area contributed by atoms with Gasteiger partial charge in [-0.05, 0) is 69.5 Å². The highest BCUT2D eigenvalue weighted by Crippen LogP contribution is 2.37. The van der Waals surface area contributed by atoms with E-state index in [-0.39, 0.29) is 11.9 Å². The number of carbonyl (C=O) groups excluding carboxylic acids is 2. The average molecular weight is 485 g/mol. The maximum absolute atomic E-state index is 12.7. The predicted octanol–water partition coefficient (Wildman–Crippen LogP) is 2.72. The van der Waals surface area contributed by atoms with Crippen molar-refractivity contribution >= 4 is 28.7 Å².